The molecule has 0 bridgehead atoms. The van der Waals surface area contributed by atoms with Crippen molar-refractivity contribution in [3.8, 4) is 5.75 Å². The molecular weight excluding hydrogens is 270 g/mol. The number of ether oxygens (including phenoxy) is 1. The van der Waals surface area contributed by atoms with Crippen LogP contribution in [0, 0.1) is 5.92 Å². The quantitative estimate of drug-likeness (QED) is 0.675. The number of benzene rings is 1. The minimum atomic E-state index is 0.310. The first-order valence-electron chi connectivity index (χ1n) is 7.69. The maximum atomic E-state index is 6.17. The smallest absolute Gasteiger partial charge is 0.123 e. The molecule has 0 fully saturated rings. The fourth-order valence-electron chi connectivity index (χ4n) is 2.63. The summed E-state index contributed by atoms with van der Waals surface area (Å²) < 4.78 is 5.50. The van der Waals surface area contributed by atoms with Gasteiger partial charge in [-0.3, -0.25) is 0 Å². The Balaban J connectivity index is 2.93. The lowest BCUT2D eigenvalue weighted by atomic mass is 9.92. The fourth-order valence-corrected chi connectivity index (χ4v) is 2.81. The van der Waals surface area contributed by atoms with E-state index in [1.54, 1.807) is 7.11 Å². The van der Waals surface area contributed by atoms with E-state index in [0.717, 1.165) is 30.2 Å². The maximum Gasteiger partial charge on any atom is 0.123 e. The van der Waals surface area contributed by atoms with Gasteiger partial charge in [-0.15, -0.1) is 0 Å². The van der Waals surface area contributed by atoms with Gasteiger partial charge in [0.1, 0.15) is 5.75 Å². The van der Waals surface area contributed by atoms with E-state index in [1.807, 2.05) is 18.2 Å². The average Bonchev–Trinajstić information content (AvgIpc) is 2.43. The van der Waals surface area contributed by atoms with Crippen molar-refractivity contribution < 1.29 is 4.74 Å². The third-order valence-electron chi connectivity index (χ3n) is 3.63. The Labute approximate surface area is 128 Å². The molecule has 2 atom stereocenters. The van der Waals surface area contributed by atoms with E-state index < -0.39 is 0 Å². The molecule has 1 aromatic carbocycles. The van der Waals surface area contributed by atoms with E-state index in [-0.39, 0.29) is 0 Å². The second-order valence-corrected chi connectivity index (χ2v) is 5.96. The summed E-state index contributed by atoms with van der Waals surface area (Å²) in [4.78, 5) is 0. The van der Waals surface area contributed by atoms with Gasteiger partial charge in [-0.1, -0.05) is 45.2 Å². The van der Waals surface area contributed by atoms with Crippen molar-refractivity contribution in [3.05, 3.63) is 28.8 Å². The summed E-state index contributed by atoms with van der Waals surface area (Å²) in [6, 6.07) is 6.19. The molecule has 1 N–H and O–H groups in total. The third-order valence-corrected chi connectivity index (χ3v) is 3.86. The second-order valence-electron chi connectivity index (χ2n) is 5.52. The van der Waals surface area contributed by atoms with Gasteiger partial charge in [-0.05, 0) is 43.5 Å². The highest BCUT2D eigenvalue weighted by Crippen LogP contribution is 2.32. The zero-order valence-electron chi connectivity index (χ0n) is 13.2. The summed E-state index contributed by atoms with van der Waals surface area (Å²) in [7, 11) is 1.72. The summed E-state index contributed by atoms with van der Waals surface area (Å²) in [6.07, 6.45) is 4.73. The fraction of sp³-hybridized carbons (Fsp3) is 0.647. The summed E-state index contributed by atoms with van der Waals surface area (Å²) >= 11 is 6.17. The molecule has 114 valence electrons. The van der Waals surface area contributed by atoms with Crippen LogP contribution >= 0.6 is 11.6 Å². The van der Waals surface area contributed by atoms with Crippen molar-refractivity contribution >= 4 is 11.6 Å². The first kappa shape index (κ1) is 17.3. The van der Waals surface area contributed by atoms with Crippen molar-refractivity contribution in [3.63, 3.8) is 0 Å². The largest absolute Gasteiger partial charge is 0.496 e. The zero-order valence-corrected chi connectivity index (χ0v) is 14.0. The van der Waals surface area contributed by atoms with Crippen molar-refractivity contribution in [2.75, 3.05) is 13.7 Å². The Morgan fingerprint density at radius 2 is 2.00 bits per heavy atom. The van der Waals surface area contributed by atoms with Crippen LogP contribution in [0.15, 0.2) is 18.2 Å². The predicted molar refractivity (Wildman–Crippen MR) is 87.7 cm³/mol. The number of nitrogens with one attached hydrogen (secondary N) is 1. The van der Waals surface area contributed by atoms with Crippen LogP contribution in [-0.4, -0.2) is 13.7 Å². The van der Waals surface area contributed by atoms with Crippen LogP contribution in [0.5, 0.6) is 5.75 Å². The van der Waals surface area contributed by atoms with Crippen molar-refractivity contribution in [2.45, 2.75) is 52.5 Å². The average molecular weight is 298 g/mol. The normalized spacial score (nSPS) is 14.1. The highest BCUT2D eigenvalue weighted by atomic mass is 35.5. The first-order chi connectivity index (χ1) is 9.62. The van der Waals surface area contributed by atoms with Gasteiger partial charge in [-0.25, -0.2) is 0 Å². The molecule has 0 saturated carbocycles. The van der Waals surface area contributed by atoms with Crippen LogP contribution in [0.4, 0.5) is 0 Å². The topological polar surface area (TPSA) is 21.3 Å². The van der Waals surface area contributed by atoms with Crippen LogP contribution in [0.2, 0.25) is 5.02 Å². The minimum Gasteiger partial charge on any atom is -0.496 e. The van der Waals surface area contributed by atoms with Gasteiger partial charge in [0.2, 0.25) is 0 Å². The number of methoxy groups -OCH3 is 1. The van der Waals surface area contributed by atoms with Gasteiger partial charge in [-0.2, -0.15) is 0 Å². The highest BCUT2D eigenvalue weighted by molar-refractivity contribution is 6.30. The van der Waals surface area contributed by atoms with Crippen LogP contribution in [-0.2, 0) is 0 Å². The van der Waals surface area contributed by atoms with E-state index in [0.29, 0.717) is 12.0 Å². The SMILES string of the molecule is CCCNC(CC(C)CCC)c1cc(Cl)ccc1OC. The lowest BCUT2D eigenvalue weighted by Gasteiger charge is -2.24. The van der Waals surface area contributed by atoms with Gasteiger partial charge in [0.25, 0.3) is 0 Å². The van der Waals surface area contributed by atoms with Gasteiger partial charge in [0.05, 0.1) is 7.11 Å². The predicted octanol–water partition coefficient (Wildman–Crippen LogP) is 5.22. The van der Waals surface area contributed by atoms with Crippen LogP contribution < -0.4 is 10.1 Å². The van der Waals surface area contributed by atoms with Gasteiger partial charge >= 0.3 is 0 Å². The zero-order chi connectivity index (χ0) is 15.0. The summed E-state index contributed by atoms with van der Waals surface area (Å²) in [5, 5.41) is 4.41. The Hall–Kier alpha value is -0.730. The molecule has 2 nitrogen and oxygen atoms in total. The Morgan fingerprint density at radius 1 is 1.25 bits per heavy atom. The first-order valence-corrected chi connectivity index (χ1v) is 8.06. The highest BCUT2D eigenvalue weighted by Gasteiger charge is 2.18. The molecule has 20 heavy (non-hydrogen) atoms. The van der Waals surface area contributed by atoms with Gasteiger partial charge in [0, 0.05) is 16.6 Å². The van der Waals surface area contributed by atoms with Gasteiger partial charge in [0.15, 0.2) is 0 Å². The maximum absolute atomic E-state index is 6.17. The molecule has 0 spiro atoms. The van der Waals surface area contributed by atoms with E-state index in [1.165, 1.54) is 18.4 Å². The Kier molecular flexibility index (Phi) is 8.01. The molecule has 1 rings (SSSR count). The van der Waals surface area contributed by atoms with E-state index in [9.17, 15) is 0 Å². The van der Waals surface area contributed by atoms with Crippen LogP contribution in [0.3, 0.4) is 0 Å². The number of halogens is 1. The van der Waals surface area contributed by atoms with Crippen molar-refractivity contribution in [1.82, 2.24) is 5.32 Å². The Bertz CT molecular complexity index is 395. The number of rotatable bonds is 9. The second kappa shape index (κ2) is 9.25. The molecule has 3 heteroatoms. The summed E-state index contributed by atoms with van der Waals surface area (Å²) in [5.74, 6) is 1.62. The van der Waals surface area contributed by atoms with E-state index in [2.05, 4.69) is 26.1 Å². The van der Waals surface area contributed by atoms with Crippen molar-refractivity contribution in [1.29, 1.82) is 0 Å². The standard InChI is InChI=1S/C17H28ClNO/c1-5-7-13(3)11-16(19-10-6-2)15-12-14(18)8-9-17(15)20-4/h8-9,12-13,16,19H,5-7,10-11H2,1-4H3. The van der Waals surface area contributed by atoms with Crippen LogP contribution in [0.1, 0.15) is 58.1 Å². The molecule has 0 aliphatic heterocycles. The molecule has 0 amide bonds. The van der Waals surface area contributed by atoms with Gasteiger partial charge < -0.3 is 10.1 Å². The molecule has 0 aromatic heterocycles. The monoisotopic (exact) mass is 297 g/mol. The lowest BCUT2D eigenvalue weighted by molar-refractivity contribution is 0.365. The molecule has 0 saturated heterocycles. The molecular formula is C17H28ClNO. The lowest BCUT2D eigenvalue weighted by Crippen LogP contribution is -2.24. The number of hydrogen-bond acceptors (Lipinski definition) is 2. The molecule has 0 radical (unpaired) electrons. The molecule has 0 heterocycles. The third kappa shape index (κ3) is 5.34. The summed E-state index contributed by atoms with van der Waals surface area (Å²) in [5.41, 5.74) is 1.18. The molecule has 2 unspecified atom stereocenters. The molecule has 0 aliphatic rings. The summed E-state index contributed by atoms with van der Waals surface area (Å²) in [6.45, 7) is 7.76. The molecule has 1 aromatic rings. The number of hydrogen-bond donors (Lipinski definition) is 1. The Morgan fingerprint density at radius 3 is 2.60 bits per heavy atom. The van der Waals surface area contributed by atoms with E-state index in [4.69, 9.17) is 16.3 Å². The van der Waals surface area contributed by atoms with Crippen LogP contribution in [0.25, 0.3) is 0 Å². The van der Waals surface area contributed by atoms with Crippen molar-refractivity contribution in [2.24, 2.45) is 5.92 Å². The van der Waals surface area contributed by atoms with E-state index >= 15 is 0 Å². The molecule has 0 aliphatic carbocycles. The minimum absolute atomic E-state index is 0.310.